The van der Waals surface area contributed by atoms with Crippen LogP contribution in [0.4, 0.5) is 4.39 Å². The third-order valence-corrected chi connectivity index (χ3v) is 3.30. The molecule has 0 aromatic heterocycles. The van der Waals surface area contributed by atoms with Gasteiger partial charge in [-0.3, -0.25) is 0 Å². The second kappa shape index (κ2) is 5.05. The lowest BCUT2D eigenvalue weighted by atomic mass is 10.00. The standard InChI is InChI=1S/C13H9Cl2FO/c14-12-3-1-2-10(13(12)15)11-6-9(16)5-4-8(11)7-17/h1-6,17H,7H2. The number of rotatable bonds is 2. The first-order chi connectivity index (χ1) is 8.13. The molecule has 0 unspecified atom stereocenters. The van der Waals surface area contributed by atoms with E-state index in [0.29, 0.717) is 26.7 Å². The number of halogens is 3. The van der Waals surface area contributed by atoms with Crippen LogP contribution in [0.2, 0.25) is 10.0 Å². The monoisotopic (exact) mass is 270 g/mol. The first-order valence-corrected chi connectivity index (χ1v) is 5.72. The summed E-state index contributed by atoms with van der Waals surface area (Å²) in [6, 6.07) is 9.29. The predicted octanol–water partition coefficient (Wildman–Crippen LogP) is 4.29. The minimum absolute atomic E-state index is 0.182. The summed E-state index contributed by atoms with van der Waals surface area (Å²) in [5.41, 5.74) is 1.78. The highest BCUT2D eigenvalue weighted by Crippen LogP contribution is 2.35. The molecule has 0 spiro atoms. The Morgan fingerprint density at radius 3 is 2.53 bits per heavy atom. The Morgan fingerprint density at radius 2 is 1.82 bits per heavy atom. The van der Waals surface area contributed by atoms with E-state index in [4.69, 9.17) is 23.2 Å². The van der Waals surface area contributed by atoms with E-state index in [1.54, 1.807) is 18.2 Å². The predicted molar refractivity (Wildman–Crippen MR) is 67.8 cm³/mol. The summed E-state index contributed by atoms with van der Waals surface area (Å²) in [4.78, 5) is 0. The Kier molecular flexibility index (Phi) is 3.67. The average molecular weight is 271 g/mol. The van der Waals surface area contributed by atoms with Gasteiger partial charge in [0.15, 0.2) is 0 Å². The van der Waals surface area contributed by atoms with Gasteiger partial charge in [0.2, 0.25) is 0 Å². The van der Waals surface area contributed by atoms with Gasteiger partial charge in [0.1, 0.15) is 5.82 Å². The average Bonchev–Trinajstić information content (AvgIpc) is 2.33. The topological polar surface area (TPSA) is 20.2 Å². The summed E-state index contributed by atoms with van der Waals surface area (Å²) in [6.07, 6.45) is 0. The molecule has 4 heteroatoms. The quantitative estimate of drug-likeness (QED) is 0.863. The second-order valence-corrected chi connectivity index (χ2v) is 4.35. The first kappa shape index (κ1) is 12.4. The molecule has 88 valence electrons. The Hall–Kier alpha value is -1.09. The van der Waals surface area contributed by atoms with Crippen molar-refractivity contribution in [3.05, 3.63) is 57.8 Å². The molecule has 0 bridgehead atoms. The summed E-state index contributed by atoms with van der Waals surface area (Å²) < 4.78 is 13.2. The van der Waals surface area contributed by atoms with Gasteiger partial charge in [-0.1, -0.05) is 41.4 Å². The van der Waals surface area contributed by atoms with Crippen LogP contribution in [0, 0.1) is 5.82 Å². The highest BCUT2D eigenvalue weighted by atomic mass is 35.5. The summed E-state index contributed by atoms with van der Waals surface area (Å²) >= 11 is 12.0. The molecule has 2 aromatic rings. The largest absolute Gasteiger partial charge is 0.392 e. The second-order valence-electron chi connectivity index (χ2n) is 3.56. The summed E-state index contributed by atoms with van der Waals surface area (Å²) in [7, 11) is 0. The molecule has 0 saturated heterocycles. The van der Waals surface area contributed by atoms with Gasteiger partial charge in [-0.05, 0) is 29.3 Å². The molecule has 17 heavy (non-hydrogen) atoms. The fourth-order valence-corrected chi connectivity index (χ4v) is 2.05. The molecule has 0 aliphatic carbocycles. The Morgan fingerprint density at radius 1 is 1.06 bits per heavy atom. The molecule has 0 aliphatic rings. The van der Waals surface area contributed by atoms with Crippen molar-refractivity contribution in [2.24, 2.45) is 0 Å². The Bertz CT molecular complexity index is 555. The lowest BCUT2D eigenvalue weighted by molar-refractivity contribution is 0.282. The number of aliphatic hydroxyl groups excluding tert-OH is 1. The summed E-state index contributed by atoms with van der Waals surface area (Å²) in [5, 5.41) is 9.99. The number of hydrogen-bond acceptors (Lipinski definition) is 1. The molecule has 0 radical (unpaired) electrons. The molecular weight excluding hydrogens is 262 g/mol. The van der Waals surface area contributed by atoms with Crippen molar-refractivity contribution >= 4 is 23.2 Å². The van der Waals surface area contributed by atoms with Crippen LogP contribution in [0.3, 0.4) is 0 Å². The van der Waals surface area contributed by atoms with Crippen LogP contribution in [-0.4, -0.2) is 5.11 Å². The van der Waals surface area contributed by atoms with Crippen LogP contribution in [-0.2, 0) is 6.61 Å². The third-order valence-electron chi connectivity index (χ3n) is 2.48. The molecule has 0 fully saturated rings. The van der Waals surface area contributed by atoms with E-state index in [1.807, 2.05) is 0 Å². The third kappa shape index (κ3) is 2.44. The van der Waals surface area contributed by atoms with Gasteiger partial charge in [-0.25, -0.2) is 4.39 Å². The minimum Gasteiger partial charge on any atom is -0.392 e. The van der Waals surface area contributed by atoms with E-state index in [0.717, 1.165) is 0 Å². The van der Waals surface area contributed by atoms with E-state index in [2.05, 4.69) is 0 Å². The lowest BCUT2D eigenvalue weighted by Crippen LogP contribution is -1.91. The van der Waals surface area contributed by atoms with Crippen LogP contribution >= 0.6 is 23.2 Å². The molecular formula is C13H9Cl2FO. The molecule has 2 aromatic carbocycles. The van der Waals surface area contributed by atoms with E-state index in [1.165, 1.54) is 18.2 Å². The van der Waals surface area contributed by atoms with E-state index >= 15 is 0 Å². The molecule has 1 nitrogen and oxygen atoms in total. The van der Waals surface area contributed by atoms with Crippen molar-refractivity contribution in [1.29, 1.82) is 0 Å². The van der Waals surface area contributed by atoms with E-state index in [-0.39, 0.29) is 12.4 Å². The van der Waals surface area contributed by atoms with Crippen LogP contribution in [0.15, 0.2) is 36.4 Å². The van der Waals surface area contributed by atoms with Crippen LogP contribution in [0.5, 0.6) is 0 Å². The van der Waals surface area contributed by atoms with Crippen molar-refractivity contribution in [3.63, 3.8) is 0 Å². The van der Waals surface area contributed by atoms with Crippen molar-refractivity contribution < 1.29 is 9.50 Å². The fourth-order valence-electron chi connectivity index (χ4n) is 1.65. The van der Waals surface area contributed by atoms with Gasteiger partial charge in [0.05, 0.1) is 16.7 Å². The Balaban J connectivity index is 2.67. The van der Waals surface area contributed by atoms with Gasteiger partial charge in [0, 0.05) is 5.56 Å². The number of aliphatic hydroxyl groups is 1. The van der Waals surface area contributed by atoms with Crippen molar-refractivity contribution in [2.75, 3.05) is 0 Å². The molecule has 0 aliphatic heterocycles. The number of benzene rings is 2. The molecule has 0 atom stereocenters. The van der Waals surface area contributed by atoms with Crippen LogP contribution in [0.25, 0.3) is 11.1 Å². The molecule has 0 amide bonds. The SMILES string of the molecule is OCc1ccc(F)cc1-c1cccc(Cl)c1Cl. The zero-order valence-corrected chi connectivity index (χ0v) is 10.3. The highest BCUT2D eigenvalue weighted by Gasteiger charge is 2.11. The fraction of sp³-hybridized carbons (Fsp3) is 0.0769. The van der Waals surface area contributed by atoms with Gasteiger partial charge in [-0.15, -0.1) is 0 Å². The molecule has 1 N–H and O–H groups in total. The van der Waals surface area contributed by atoms with E-state index < -0.39 is 0 Å². The van der Waals surface area contributed by atoms with Crippen molar-refractivity contribution in [2.45, 2.75) is 6.61 Å². The molecule has 2 rings (SSSR count). The molecule has 0 saturated carbocycles. The minimum atomic E-state index is -0.381. The summed E-state index contributed by atoms with van der Waals surface area (Å²) in [5.74, 6) is -0.381. The maximum atomic E-state index is 13.2. The summed E-state index contributed by atoms with van der Waals surface area (Å²) in [6.45, 7) is -0.182. The van der Waals surface area contributed by atoms with Gasteiger partial charge in [-0.2, -0.15) is 0 Å². The lowest BCUT2D eigenvalue weighted by Gasteiger charge is -2.10. The van der Waals surface area contributed by atoms with Crippen molar-refractivity contribution in [3.8, 4) is 11.1 Å². The smallest absolute Gasteiger partial charge is 0.123 e. The van der Waals surface area contributed by atoms with Gasteiger partial charge in [0.25, 0.3) is 0 Å². The maximum Gasteiger partial charge on any atom is 0.123 e. The Labute approximate surface area is 108 Å². The van der Waals surface area contributed by atoms with E-state index in [9.17, 15) is 9.50 Å². The van der Waals surface area contributed by atoms with Gasteiger partial charge < -0.3 is 5.11 Å². The van der Waals surface area contributed by atoms with Crippen LogP contribution in [0.1, 0.15) is 5.56 Å². The highest BCUT2D eigenvalue weighted by molar-refractivity contribution is 6.43. The number of hydrogen-bond donors (Lipinski definition) is 1. The van der Waals surface area contributed by atoms with Gasteiger partial charge >= 0.3 is 0 Å². The van der Waals surface area contributed by atoms with Crippen LogP contribution < -0.4 is 0 Å². The normalized spacial score (nSPS) is 10.6. The maximum absolute atomic E-state index is 13.2. The zero-order chi connectivity index (χ0) is 12.4. The zero-order valence-electron chi connectivity index (χ0n) is 8.75. The van der Waals surface area contributed by atoms with Crippen molar-refractivity contribution in [1.82, 2.24) is 0 Å². The molecule has 0 heterocycles. The first-order valence-electron chi connectivity index (χ1n) is 4.97.